The predicted octanol–water partition coefficient (Wildman–Crippen LogP) is 3.21. The van der Waals surface area contributed by atoms with Gasteiger partial charge in [0.15, 0.2) is 4.91 Å². The summed E-state index contributed by atoms with van der Waals surface area (Å²) in [6, 6.07) is 6.52. The number of allylic oxidation sites excluding steroid dienone is 2. The van der Waals surface area contributed by atoms with Crippen molar-refractivity contribution in [3.05, 3.63) is 46.0 Å². The van der Waals surface area contributed by atoms with Gasteiger partial charge < -0.3 is 4.90 Å². The largest absolute Gasteiger partial charge is 0.367 e. The minimum Gasteiger partial charge on any atom is -0.367 e. The van der Waals surface area contributed by atoms with Crippen LogP contribution in [0.2, 0.25) is 0 Å². The van der Waals surface area contributed by atoms with E-state index < -0.39 is 15.8 Å². The average Bonchev–Trinajstić information content (AvgIpc) is 2.70. The highest BCUT2D eigenvalue weighted by Gasteiger charge is 2.43. The van der Waals surface area contributed by atoms with Crippen LogP contribution in [0.25, 0.3) is 0 Å². The van der Waals surface area contributed by atoms with Crippen molar-refractivity contribution in [1.82, 2.24) is 9.21 Å². The van der Waals surface area contributed by atoms with Gasteiger partial charge in [0.05, 0.1) is 0 Å². The number of carbonyl (C=O) groups excluding carboxylic acids is 2. The lowest BCUT2D eigenvalue weighted by atomic mass is 9.91. The van der Waals surface area contributed by atoms with Crippen LogP contribution in [0, 0.1) is 0 Å². The molecule has 2 aliphatic rings. The Labute approximate surface area is 167 Å². The molecule has 1 aromatic carbocycles. The molecule has 0 aromatic heterocycles. The second-order valence-corrected chi connectivity index (χ2v) is 9.21. The molecular formula is C21H28N2O4S. The number of hydrogen-bond acceptors (Lipinski definition) is 5. The van der Waals surface area contributed by atoms with Crippen LogP contribution in [0.15, 0.2) is 34.9 Å². The van der Waals surface area contributed by atoms with E-state index in [0.29, 0.717) is 44.6 Å². The fraction of sp³-hybridized carbons (Fsp3) is 0.524. The van der Waals surface area contributed by atoms with Crippen molar-refractivity contribution in [3.63, 3.8) is 0 Å². The van der Waals surface area contributed by atoms with Crippen molar-refractivity contribution in [2.45, 2.75) is 46.0 Å². The lowest BCUT2D eigenvalue weighted by molar-refractivity contribution is 0.0939. The molecule has 0 N–H and O–H groups in total. The van der Waals surface area contributed by atoms with E-state index in [1.54, 1.807) is 24.3 Å². The van der Waals surface area contributed by atoms with Crippen molar-refractivity contribution in [3.8, 4) is 0 Å². The molecule has 0 bridgehead atoms. The van der Waals surface area contributed by atoms with Crippen LogP contribution in [0.5, 0.6) is 0 Å². The summed E-state index contributed by atoms with van der Waals surface area (Å²) < 4.78 is 28.5. The van der Waals surface area contributed by atoms with Gasteiger partial charge in [-0.25, -0.2) is 8.42 Å². The molecule has 1 fully saturated rings. The smallest absolute Gasteiger partial charge is 0.249 e. The Kier molecular flexibility index (Phi) is 6.35. The summed E-state index contributed by atoms with van der Waals surface area (Å²) in [6.07, 6.45) is 4.10. The Morgan fingerprint density at radius 1 is 0.893 bits per heavy atom. The highest BCUT2D eigenvalue weighted by molar-refractivity contribution is 7.94. The fourth-order valence-corrected chi connectivity index (χ4v) is 5.88. The quantitative estimate of drug-likeness (QED) is 0.698. The van der Waals surface area contributed by atoms with Gasteiger partial charge in [-0.15, -0.1) is 0 Å². The number of carbonyl (C=O) groups is 2. The van der Waals surface area contributed by atoms with Crippen LogP contribution >= 0.6 is 0 Å². The summed E-state index contributed by atoms with van der Waals surface area (Å²) in [6.45, 7) is 5.66. The maximum absolute atomic E-state index is 13.6. The SMILES string of the molecule is CCCN(CCC)S(=O)(=O)C1=C(N2CCCCC2)C(=O)c2ccccc2C1=O. The third-order valence-electron chi connectivity index (χ3n) is 5.27. The van der Waals surface area contributed by atoms with Gasteiger partial charge in [0.1, 0.15) is 5.70 Å². The normalized spacial score (nSPS) is 18.0. The van der Waals surface area contributed by atoms with Crippen LogP contribution in [0.4, 0.5) is 0 Å². The molecule has 6 nitrogen and oxygen atoms in total. The zero-order valence-electron chi connectivity index (χ0n) is 16.6. The Balaban J connectivity index is 2.21. The standard InChI is InChI=1S/C21H28N2O4S/c1-3-12-23(13-4-2)28(26,27)21-18(22-14-8-5-9-15-22)19(24)16-10-6-7-11-17(16)20(21)25/h6-7,10-11H,3-5,8-9,12-15H2,1-2H3. The van der Waals surface area contributed by atoms with E-state index in [1.165, 1.54) is 4.31 Å². The molecule has 3 rings (SSSR count). The first kappa shape index (κ1) is 20.7. The number of fused-ring (bicyclic) bond motifs is 1. The molecule has 7 heteroatoms. The second-order valence-electron chi connectivity index (χ2n) is 7.33. The second kappa shape index (κ2) is 8.57. The number of likely N-dealkylation sites (tertiary alicyclic amines) is 1. The van der Waals surface area contributed by atoms with E-state index in [9.17, 15) is 18.0 Å². The summed E-state index contributed by atoms with van der Waals surface area (Å²) in [7, 11) is -4.07. The van der Waals surface area contributed by atoms with Gasteiger partial charge in [0.2, 0.25) is 21.6 Å². The molecular weight excluding hydrogens is 376 g/mol. The number of rotatable bonds is 7. The van der Waals surface area contributed by atoms with Crippen molar-refractivity contribution < 1.29 is 18.0 Å². The Morgan fingerprint density at radius 3 is 1.96 bits per heavy atom. The molecule has 0 saturated carbocycles. The summed E-state index contributed by atoms with van der Waals surface area (Å²) in [5.74, 6) is -0.920. The molecule has 1 aromatic rings. The molecule has 1 heterocycles. The highest BCUT2D eigenvalue weighted by atomic mass is 32.2. The lowest BCUT2D eigenvalue weighted by Crippen LogP contribution is -2.43. The van der Waals surface area contributed by atoms with Crippen molar-refractivity contribution in [1.29, 1.82) is 0 Å². The summed E-state index contributed by atoms with van der Waals surface area (Å²) >= 11 is 0. The maximum Gasteiger partial charge on any atom is 0.249 e. The molecule has 0 atom stereocenters. The van der Waals surface area contributed by atoms with Gasteiger partial charge >= 0.3 is 0 Å². The fourth-order valence-electron chi connectivity index (χ4n) is 3.96. The molecule has 0 amide bonds. The number of hydrogen-bond donors (Lipinski definition) is 0. The third kappa shape index (κ3) is 3.65. The van der Waals surface area contributed by atoms with Gasteiger partial charge in [-0.2, -0.15) is 4.31 Å². The van der Waals surface area contributed by atoms with Crippen LogP contribution in [0.1, 0.15) is 66.7 Å². The van der Waals surface area contributed by atoms with E-state index in [4.69, 9.17) is 0 Å². The average molecular weight is 405 g/mol. The first-order valence-electron chi connectivity index (χ1n) is 10.1. The van der Waals surface area contributed by atoms with Crippen molar-refractivity contribution in [2.75, 3.05) is 26.2 Å². The Morgan fingerprint density at radius 2 is 1.43 bits per heavy atom. The minimum absolute atomic E-state index is 0.0700. The molecule has 0 unspecified atom stereocenters. The van der Waals surface area contributed by atoms with E-state index >= 15 is 0 Å². The van der Waals surface area contributed by atoms with Gasteiger partial charge in [0, 0.05) is 37.3 Å². The van der Waals surface area contributed by atoms with Crippen molar-refractivity contribution in [2.24, 2.45) is 0 Å². The Bertz CT molecular complexity index is 893. The maximum atomic E-state index is 13.6. The molecule has 1 saturated heterocycles. The summed E-state index contributed by atoms with van der Waals surface area (Å²) in [5.41, 5.74) is 0.546. The van der Waals surface area contributed by atoms with Crippen LogP contribution in [0.3, 0.4) is 0 Å². The predicted molar refractivity (Wildman–Crippen MR) is 109 cm³/mol. The topological polar surface area (TPSA) is 74.8 Å². The van der Waals surface area contributed by atoms with Crippen LogP contribution < -0.4 is 0 Å². The highest BCUT2D eigenvalue weighted by Crippen LogP contribution is 2.34. The molecule has 0 spiro atoms. The molecule has 0 radical (unpaired) electrons. The monoisotopic (exact) mass is 404 g/mol. The van der Waals surface area contributed by atoms with Gasteiger partial charge in [-0.3, -0.25) is 9.59 Å². The van der Waals surface area contributed by atoms with Gasteiger partial charge in [-0.05, 0) is 32.1 Å². The third-order valence-corrected chi connectivity index (χ3v) is 7.21. The first-order chi connectivity index (χ1) is 13.4. The van der Waals surface area contributed by atoms with E-state index in [1.807, 2.05) is 18.7 Å². The molecule has 28 heavy (non-hydrogen) atoms. The molecule has 1 aliphatic heterocycles. The van der Waals surface area contributed by atoms with Crippen LogP contribution in [-0.4, -0.2) is 55.4 Å². The lowest BCUT2D eigenvalue weighted by Gasteiger charge is -2.35. The molecule has 1 aliphatic carbocycles. The van der Waals surface area contributed by atoms with Crippen LogP contribution in [-0.2, 0) is 10.0 Å². The summed E-state index contributed by atoms with van der Waals surface area (Å²) in [4.78, 5) is 28.1. The zero-order chi connectivity index (χ0) is 20.3. The number of benzene rings is 1. The van der Waals surface area contributed by atoms with E-state index in [-0.39, 0.29) is 21.9 Å². The zero-order valence-corrected chi connectivity index (χ0v) is 17.4. The van der Waals surface area contributed by atoms with Crippen molar-refractivity contribution >= 4 is 21.6 Å². The number of ketones is 2. The van der Waals surface area contributed by atoms with Gasteiger partial charge in [-0.1, -0.05) is 38.1 Å². The van der Waals surface area contributed by atoms with Gasteiger partial charge in [0.25, 0.3) is 0 Å². The first-order valence-corrected chi connectivity index (χ1v) is 11.5. The van der Waals surface area contributed by atoms with E-state index in [2.05, 4.69) is 0 Å². The van der Waals surface area contributed by atoms with E-state index in [0.717, 1.165) is 19.3 Å². The number of piperidine rings is 1. The minimum atomic E-state index is -4.07. The Hall–Kier alpha value is -1.99. The molecule has 152 valence electrons. The summed E-state index contributed by atoms with van der Waals surface area (Å²) in [5, 5.41) is 0. The number of sulfonamides is 1. The number of Topliss-reactive ketones (excluding diaryl/α,β-unsaturated/α-hetero) is 2. The number of nitrogens with zero attached hydrogens (tertiary/aromatic N) is 2.